The number of rotatable bonds is 10. The Hall–Kier alpha value is -3.50. The van der Waals surface area contributed by atoms with Crippen LogP contribution in [0.2, 0.25) is 0 Å². The highest BCUT2D eigenvalue weighted by Crippen LogP contribution is 2.30. The van der Waals surface area contributed by atoms with Gasteiger partial charge in [0.15, 0.2) is 12.2 Å². The highest BCUT2D eigenvalue weighted by atomic mass is 16.5. The third kappa shape index (κ3) is 6.93. The second kappa shape index (κ2) is 12.6. The summed E-state index contributed by atoms with van der Waals surface area (Å²) in [7, 11) is 0. The number of amides is 1. The lowest BCUT2D eigenvalue weighted by Gasteiger charge is -2.31. The Kier molecular flexibility index (Phi) is 8.73. The van der Waals surface area contributed by atoms with Gasteiger partial charge in [-0.2, -0.15) is 0 Å². The van der Waals surface area contributed by atoms with E-state index in [0.717, 1.165) is 55.1 Å². The van der Waals surface area contributed by atoms with Crippen molar-refractivity contribution in [1.29, 1.82) is 0 Å². The van der Waals surface area contributed by atoms with Crippen LogP contribution in [-0.2, 0) is 19.6 Å². The maximum absolute atomic E-state index is 12.7. The van der Waals surface area contributed by atoms with Gasteiger partial charge < -0.3 is 24.9 Å². The Morgan fingerprint density at radius 2 is 2.05 bits per heavy atom. The summed E-state index contributed by atoms with van der Waals surface area (Å²) in [5, 5.41) is 16.9. The predicted molar refractivity (Wildman–Crippen MR) is 147 cm³/mol. The summed E-state index contributed by atoms with van der Waals surface area (Å²) in [5.41, 5.74) is 4.80. The fraction of sp³-hybridized carbons (Fsp3) is 0.517. The van der Waals surface area contributed by atoms with Gasteiger partial charge in [0.05, 0.1) is 11.8 Å². The molecule has 0 saturated heterocycles. The molecular formula is C29H38N6O4. The van der Waals surface area contributed by atoms with Gasteiger partial charge in [0.25, 0.3) is 5.91 Å². The zero-order valence-electron chi connectivity index (χ0n) is 22.8. The van der Waals surface area contributed by atoms with Crippen LogP contribution in [0.15, 0.2) is 35.3 Å². The van der Waals surface area contributed by atoms with Gasteiger partial charge in [0.2, 0.25) is 0 Å². The molecule has 3 heterocycles. The van der Waals surface area contributed by atoms with E-state index in [1.165, 1.54) is 43.1 Å². The van der Waals surface area contributed by atoms with Gasteiger partial charge in [0.1, 0.15) is 30.2 Å². The second-order valence-corrected chi connectivity index (χ2v) is 10.6. The molecule has 10 heteroatoms. The highest BCUT2D eigenvalue weighted by Gasteiger charge is 2.22. The summed E-state index contributed by atoms with van der Waals surface area (Å²) in [6, 6.07) is 6.18. The predicted octanol–water partition coefficient (Wildman–Crippen LogP) is 3.55. The van der Waals surface area contributed by atoms with Gasteiger partial charge in [-0.15, -0.1) is 0 Å². The number of oxazole rings is 1. The molecule has 1 atom stereocenters. The molecule has 1 fully saturated rings. The number of ether oxygens (including phenoxy) is 1. The molecule has 1 unspecified atom stereocenters. The quantitative estimate of drug-likeness (QED) is 0.358. The number of aliphatic hydroxyl groups excluding tert-OH is 1. The minimum Gasteiger partial charge on any atom is -0.485 e. The van der Waals surface area contributed by atoms with Gasteiger partial charge in [-0.05, 0) is 55.9 Å². The molecule has 1 amide bonds. The normalized spacial score (nSPS) is 16.9. The lowest BCUT2D eigenvalue weighted by atomic mass is 9.94. The van der Waals surface area contributed by atoms with E-state index in [4.69, 9.17) is 9.15 Å². The van der Waals surface area contributed by atoms with E-state index >= 15 is 0 Å². The molecule has 3 aromatic rings. The van der Waals surface area contributed by atoms with Crippen LogP contribution >= 0.6 is 0 Å². The number of aliphatic hydroxyl groups is 1. The van der Waals surface area contributed by atoms with Crippen LogP contribution < -0.4 is 15.4 Å². The molecule has 3 N–H and O–H groups in total. The second-order valence-electron chi connectivity index (χ2n) is 10.6. The SMILES string of the molecule is Cc1ncoc1COc1ccc2c(c1C)CCN(CC(O)CNC(=O)c1cc(NC3CCCCC3)ncn1)C2. The molecule has 5 rings (SSSR count). The van der Waals surface area contributed by atoms with E-state index in [9.17, 15) is 9.90 Å². The fourth-order valence-electron chi connectivity index (χ4n) is 5.48. The van der Waals surface area contributed by atoms with Crippen molar-refractivity contribution < 1.29 is 19.1 Å². The molecule has 10 nitrogen and oxygen atoms in total. The molecule has 0 radical (unpaired) electrons. The van der Waals surface area contributed by atoms with E-state index in [0.29, 0.717) is 30.7 Å². The van der Waals surface area contributed by atoms with E-state index in [1.54, 1.807) is 6.07 Å². The average Bonchev–Trinajstić information content (AvgIpc) is 3.36. The van der Waals surface area contributed by atoms with Crippen LogP contribution in [0.4, 0.5) is 5.82 Å². The summed E-state index contributed by atoms with van der Waals surface area (Å²) in [5.74, 6) is 1.94. The monoisotopic (exact) mass is 534 g/mol. The van der Waals surface area contributed by atoms with Crippen LogP contribution in [-0.4, -0.2) is 62.6 Å². The number of aryl methyl sites for hydroxylation is 1. The van der Waals surface area contributed by atoms with Crippen molar-refractivity contribution in [2.45, 2.75) is 77.7 Å². The zero-order valence-corrected chi connectivity index (χ0v) is 22.8. The zero-order chi connectivity index (χ0) is 27.2. The first-order valence-corrected chi connectivity index (χ1v) is 13.9. The Bertz CT molecular complexity index is 1270. The molecule has 1 aliphatic heterocycles. The number of nitrogens with zero attached hydrogens (tertiary/aromatic N) is 4. The van der Waals surface area contributed by atoms with Gasteiger partial charge >= 0.3 is 0 Å². The minimum absolute atomic E-state index is 0.157. The maximum Gasteiger partial charge on any atom is 0.270 e. The first kappa shape index (κ1) is 27.1. The van der Waals surface area contributed by atoms with Gasteiger partial charge in [-0.1, -0.05) is 25.3 Å². The lowest BCUT2D eigenvalue weighted by Crippen LogP contribution is -2.42. The third-order valence-corrected chi connectivity index (χ3v) is 7.75. The van der Waals surface area contributed by atoms with Crippen molar-refractivity contribution in [1.82, 2.24) is 25.2 Å². The Balaban J connectivity index is 1.09. The molecule has 0 spiro atoms. The Morgan fingerprint density at radius 3 is 2.85 bits per heavy atom. The standard InChI is InChI=1S/C29H38N6O4/c1-19-24-10-11-35(14-21(24)8-9-26(19)38-16-27-20(2)33-18-39-27)15-23(36)13-30-29(37)25-12-28(32-17-31-25)34-22-6-4-3-5-7-22/h8-9,12,17-18,22-23,36H,3-7,10-11,13-16H2,1-2H3,(H,30,37)(H,31,32,34). The van der Waals surface area contributed by atoms with Crippen LogP contribution in [0.3, 0.4) is 0 Å². The van der Waals surface area contributed by atoms with Crippen LogP contribution in [0, 0.1) is 13.8 Å². The largest absolute Gasteiger partial charge is 0.485 e. The molecular weight excluding hydrogens is 496 g/mol. The van der Waals surface area contributed by atoms with Crippen LogP contribution in [0.5, 0.6) is 5.75 Å². The summed E-state index contributed by atoms with van der Waals surface area (Å²) < 4.78 is 11.4. The van der Waals surface area contributed by atoms with Crippen molar-refractivity contribution in [3.63, 3.8) is 0 Å². The van der Waals surface area contributed by atoms with Gasteiger partial charge in [0, 0.05) is 38.3 Å². The van der Waals surface area contributed by atoms with Crippen LogP contribution in [0.25, 0.3) is 0 Å². The fourth-order valence-corrected chi connectivity index (χ4v) is 5.48. The van der Waals surface area contributed by atoms with Gasteiger partial charge in [-0.3, -0.25) is 9.69 Å². The molecule has 1 saturated carbocycles. The molecule has 0 bridgehead atoms. The number of carbonyl (C=O) groups excluding carboxylic acids is 1. The van der Waals surface area contributed by atoms with Crippen LogP contribution in [0.1, 0.15) is 70.7 Å². The summed E-state index contributed by atoms with van der Waals surface area (Å²) >= 11 is 0. The number of aromatic nitrogens is 3. The number of nitrogens with one attached hydrogen (secondary N) is 2. The smallest absolute Gasteiger partial charge is 0.270 e. The maximum atomic E-state index is 12.7. The van der Waals surface area contributed by atoms with Crippen molar-refractivity contribution in [2.24, 2.45) is 0 Å². The lowest BCUT2D eigenvalue weighted by molar-refractivity contribution is 0.0837. The summed E-state index contributed by atoms with van der Waals surface area (Å²) in [6.07, 6.45) is 8.99. The first-order valence-electron chi connectivity index (χ1n) is 13.9. The number of carbonyl (C=O) groups is 1. The number of anilines is 1. The summed E-state index contributed by atoms with van der Waals surface area (Å²) in [6.45, 7) is 6.53. The van der Waals surface area contributed by atoms with Gasteiger partial charge in [-0.25, -0.2) is 15.0 Å². The molecule has 39 heavy (non-hydrogen) atoms. The molecule has 2 aromatic heterocycles. The number of β-amino-alcohol motifs (C(OH)–C–C–N with tert-alkyl or cyclic N) is 1. The summed E-state index contributed by atoms with van der Waals surface area (Å²) in [4.78, 5) is 27.4. The molecule has 208 valence electrons. The van der Waals surface area contributed by atoms with Crippen molar-refractivity contribution in [2.75, 3.05) is 25.0 Å². The minimum atomic E-state index is -0.689. The van der Waals surface area contributed by atoms with E-state index in [2.05, 4.69) is 43.5 Å². The van der Waals surface area contributed by atoms with E-state index < -0.39 is 6.10 Å². The molecule has 1 aromatic carbocycles. The van der Waals surface area contributed by atoms with E-state index in [1.807, 2.05) is 13.0 Å². The Labute approximate surface area is 229 Å². The topological polar surface area (TPSA) is 126 Å². The number of hydrogen-bond donors (Lipinski definition) is 3. The highest BCUT2D eigenvalue weighted by molar-refractivity contribution is 5.92. The Morgan fingerprint density at radius 1 is 1.21 bits per heavy atom. The number of hydrogen-bond acceptors (Lipinski definition) is 9. The third-order valence-electron chi connectivity index (χ3n) is 7.75. The van der Waals surface area contributed by atoms with Crippen molar-refractivity contribution in [3.05, 3.63) is 64.8 Å². The van der Waals surface area contributed by atoms with Crippen molar-refractivity contribution in [3.8, 4) is 5.75 Å². The van der Waals surface area contributed by atoms with E-state index in [-0.39, 0.29) is 12.5 Å². The first-order chi connectivity index (χ1) is 19.0. The number of fused-ring (bicyclic) bond motifs is 1. The molecule has 2 aliphatic rings. The average molecular weight is 535 g/mol. The molecule has 1 aliphatic carbocycles. The number of benzene rings is 1. The van der Waals surface area contributed by atoms with Crippen molar-refractivity contribution >= 4 is 11.7 Å².